The first-order chi connectivity index (χ1) is 10.6. The zero-order valence-electron chi connectivity index (χ0n) is 13.5. The largest absolute Gasteiger partial charge is 0.351 e. The van der Waals surface area contributed by atoms with Crippen molar-refractivity contribution in [2.24, 2.45) is 14.1 Å². The second kappa shape index (κ2) is 4.51. The molecule has 0 amide bonds. The van der Waals surface area contributed by atoms with Gasteiger partial charge in [0.2, 0.25) is 0 Å². The lowest BCUT2D eigenvalue weighted by molar-refractivity contribution is 0.967. The van der Waals surface area contributed by atoms with E-state index in [1.54, 1.807) is 0 Å². The molecular formula is C20H20N2. The summed E-state index contributed by atoms with van der Waals surface area (Å²) < 4.78 is 4.42. The molecule has 2 nitrogen and oxygen atoms in total. The van der Waals surface area contributed by atoms with Crippen LogP contribution in [0.4, 0.5) is 0 Å². The van der Waals surface area contributed by atoms with Gasteiger partial charge in [0.25, 0.3) is 0 Å². The molecule has 0 atom stereocenters. The summed E-state index contributed by atoms with van der Waals surface area (Å²) in [6.07, 6.45) is 4.39. The van der Waals surface area contributed by atoms with Gasteiger partial charge < -0.3 is 9.13 Å². The summed E-state index contributed by atoms with van der Waals surface area (Å²) in [4.78, 5) is 0. The Labute approximate surface area is 130 Å². The Kier molecular flexibility index (Phi) is 2.70. The van der Waals surface area contributed by atoms with Crippen LogP contribution in [-0.2, 0) is 14.1 Å². The molecule has 0 saturated heterocycles. The lowest BCUT2D eigenvalue weighted by atomic mass is 9.98. The molecule has 0 radical (unpaired) electrons. The third-order valence-corrected chi connectivity index (χ3v) is 4.74. The smallest absolute Gasteiger partial charge is 0.0486 e. The summed E-state index contributed by atoms with van der Waals surface area (Å²) in [5.41, 5.74) is 7.87. The van der Waals surface area contributed by atoms with Crippen molar-refractivity contribution in [1.82, 2.24) is 9.13 Å². The maximum atomic E-state index is 2.31. The van der Waals surface area contributed by atoms with E-state index in [0.717, 1.165) is 0 Å². The predicted molar refractivity (Wildman–Crippen MR) is 94.3 cm³/mol. The molecule has 0 aliphatic rings. The fourth-order valence-corrected chi connectivity index (χ4v) is 3.55. The van der Waals surface area contributed by atoms with Crippen molar-refractivity contribution >= 4 is 21.8 Å². The van der Waals surface area contributed by atoms with Crippen molar-refractivity contribution < 1.29 is 0 Å². The maximum Gasteiger partial charge on any atom is 0.0486 e. The first-order valence-electron chi connectivity index (χ1n) is 7.67. The van der Waals surface area contributed by atoms with Crippen molar-refractivity contribution in [2.45, 2.75) is 13.8 Å². The lowest BCUT2D eigenvalue weighted by Crippen LogP contribution is -1.87. The molecule has 4 aromatic rings. The fraction of sp³-hybridized carbons (Fsp3) is 0.200. The number of nitrogens with zero attached hydrogens (tertiary/aromatic N) is 2. The minimum absolute atomic E-state index is 1.29. The Hall–Kier alpha value is -2.48. The zero-order valence-corrected chi connectivity index (χ0v) is 13.5. The van der Waals surface area contributed by atoms with Gasteiger partial charge in [-0.1, -0.05) is 18.2 Å². The number of aromatic nitrogens is 2. The molecule has 22 heavy (non-hydrogen) atoms. The van der Waals surface area contributed by atoms with E-state index in [1.165, 1.54) is 44.1 Å². The molecule has 4 rings (SSSR count). The molecule has 0 fully saturated rings. The third-order valence-electron chi connectivity index (χ3n) is 4.74. The molecule has 2 aromatic heterocycles. The first-order valence-corrected chi connectivity index (χ1v) is 7.67. The monoisotopic (exact) mass is 288 g/mol. The van der Waals surface area contributed by atoms with E-state index in [0.29, 0.717) is 0 Å². The Morgan fingerprint density at radius 1 is 0.818 bits per heavy atom. The highest BCUT2D eigenvalue weighted by Gasteiger charge is 2.13. The van der Waals surface area contributed by atoms with Crippen molar-refractivity contribution in [3.63, 3.8) is 0 Å². The van der Waals surface area contributed by atoms with Gasteiger partial charge in [-0.15, -0.1) is 0 Å². The van der Waals surface area contributed by atoms with Crippen LogP contribution in [0.1, 0.15) is 11.1 Å². The van der Waals surface area contributed by atoms with Crippen LogP contribution in [0.2, 0.25) is 0 Å². The SMILES string of the molecule is Cc1cc(-c2cn(C)c3cccc(C)c23)cc2c1ccn2C. The molecule has 2 heteroatoms. The second-order valence-electron chi connectivity index (χ2n) is 6.28. The van der Waals surface area contributed by atoms with Crippen molar-refractivity contribution in [3.05, 3.63) is 59.9 Å². The molecule has 0 N–H and O–H groups in total. The number of rotatable bonds is 1. The number of aryl methyl sites for hydroxylation is 4. The van der Waals surface area contributed by atoms with Gasteiger partial charge in [-0.3, -0.25) is 0 Å². The lowest BCUT2D eigenvalue weighted by Gasteiger charge is -2.07. The van der Waals surface area contributed by atoms with Gasteiger partial charge in [0.15, 0.2) is 0 Å². The molecule has 0 saturated carbocycles. The second-order valence-corrected chi connectivity index (χ2v) is 6.28. The summed E-state index contributed by atoms with van der Waals surface area (Å²) in [5.74, 6) is 0. The highest BCUT2D eigenvalue weighted by Crippen LogP contribution is 2.35. The van der Waals surface area contributed by atoms with Crippen molar-refractivity contribution in [1.29, 1.82) is 0 Å². The standard InChI is InChI=1S/C20H20N2/c1-13-6-5-7-18-20(13)17(12-22(18)4)15-10-14(2)16-8-9-21(3)19(16)11-15/h5-12H,1-4H3. The summed E-state index contributed by atoms with van der Waals surface area (Å²) in [7, 11) is 4.24. The Morgan fingerprint density at radius 2 is 1.64 bits per heavy atom. The molecule has 110 valence electrons. The topological polar surface area (TPSA) is 9.86 Å². The Morgan fingerprint density at radius 3 is 2.45 bits per heavy atom. The van der Waals surface area contributed by atoms with E-state index in [2.05, 4.69) is 85.9 Å². The summed E-state index contributed by atoms with van der Waals surface area (Å²) >= 11 is 0. The highest BCUT2D eigenvalue weighted by atomic mass is 14.9. The van der Waals surface area contributed by atoms with E-state index >= 15 is 0 Å². The minimum atomic E-state index is 1.29. The van der Waals surface area contributed by atoms with Crippen LogP contribution in [0.15, 0.2) is 48.8 Å². The van der Waals surface area contributed by atoms with Crippen molar-refractivity contribution in [3.8, 4) is 11.1 Å². The molecule has 2 aromatic carbocycles. The van der Waals surface area contributed by atoms with Gasteiger partial charge in [0.05, 0.1) is 0 Å². The van der Waals surface area contributed by atoms with Gasteiger partial charge in [-0.25, -0.2) is 0 Å². The van der Waals surface area contributed by atoms with E-state index < -0.39 is 0 Å². The molecule has 0 bridgehead atoms. The average Bonchev–Trinajstić information content (AvgIpc) is 3.02. The summed E-state index contributed by atoms with van der Waals surface area (Å²) in [6.45, 7) is 4.39. The van der Waals surface area contributed by atoms with Gasteiger partial charge in [0.1, 0.15) is 0 Å². The minimum Gasteiger partial charge on any atom is -0.351 e. The van der Waals surface area contributed by atoms with Gasteiger partial charge >= 0.3 is 0 Å². The number of fused-ring (bicyclic) bond motifs is 2. The van der Waals surface area contributed by atoms with Crippen LogP contribution < -0.4 is 0 Å². The van der Waals surface area contributed by atoms with E-state index in [1.807, 2.05) is 0 Å². The van der Waals surface area contributed by atoms with E-state index in [-0.39, 0.29) is 0 Å². The van der Waals surface area contributed by atoms with Crippen LogP contribution in [0.5, 0.6) is 0 Å². The van der Waals surface area contributed by atoms with Crippen LogP contribution in [-0.4, -0.2) is 9.13 Å². The summed E-state index contributed by atoms with van der Waals surface area (Å²) in [5, 5.41) is 2.70. The molecule has 0 unspecified atom stereocenters. The quantitative estimate of drug-likeness (QED) is 0.469. The Balaban J connectivity index is 2.09. The molecule has 0 spiro atoms. The Bertz CT molecular complexity index is 1020. The van der Waals surface area contributed by atoms with Gasteiger partial charge in [0, 0.05) is 53.9 Å². The third kappa shape index (κ3) is 1.73. The number of hydrogen-bond donors (Lipinski definition) is 0. The summed E-state index contributed by atoms with van der Waals surface area (Å²) in [6, 6.07) is 13.3. The fourth-order valence-electron chi connectivity index (χ4n) is 3.55. The predicted octanol–water partition coefficient (Wildman–Crippen LogP) is 4.95. The van der Waals surface area contributed by atoms with Crippen molar-refractivity contribution in [2.75, 3.05) is 0 Å². The van der Waals surface area contributed by atoms with Crippen LogP contribution in [0, 0.1) is 13.8 Å². The van der Waals surface area contributed by atoms with Gasteiger partial charge in [-0.2, -0.15) is 0 Å². The van der Waals surface area contributed by atoms with E-state index in [9.17, 15) is 0 Å². The molecule has 2 heterocycles. The first kappa shape index (κ1) is 13.2. The van der Waals surface area contributed by atoms with Crippen LogP contribution in [0.25, 0.3) is 32.9 Å². The highest BCUT2D eigenvalue weighted by molar-refractivity contribution is 6.00. The van der Waals surface area contributed by atoms with Crippen LogP contribution >= 0.6 is 0 Å². The zero-order chi connectivity index (χ0) is 15.4. The van der Waals surface area contributed by atoms with Crippen LogP contribution in [0.3, 0.4) is 0 Å². The maximum absolute atomic E-state index is 2.31. The normalized spacial score (nSPS) is 11.6. The molecule has 0 aliphatic heterocycles. The number of benzene rings is 2. The molecular weight excluding hydrogens is 268 g/mol. The molecule has 0 aliphatic carbocycles. The van der Waals surface area contributed by atoms with Gasteiger partial charge in [-0.05, 0) is 48.7 Å². The number of hydrogen-bond acceptors (Lipinski definition) is 0. The van der Waals surface area contributed by atoms with E-state index in [4.69, 9.17) is 0 Å². The average molecular weight is 288 g/mol.